The minimum absolute atomic E-state index is 0.0140. The summed E-state index contributed by atoms with van der Waals surface area (Å²) in [6.07, 6.45) is -4.01. The second kappa shape index (κ2) is 5.37. The van der Waals surface area contributed by atoms with Crippen molar-refractivity contribution in [3.63, 3.8) is 0 Å². The third kappa shape index (κ3) is 3.25. The zero-order valence-electron chi connectivity index (χ0n) is 7.84. The van der Waals surface area contributed by atoms with E-state index in [9.17, 15) is 18.4 Å². The predicted octanol–water partition coefficient (Wildman–Crippen LogP) is 3.40. The highest BCUT2D eigenvalue weighted by Gasteiger charge is 2.21. The lowest BCUT2D eigenvalue weighted by Crippen LogP contribution is -2.15. The summed E-state index contributed by atoms with van der Waals surface area (Å²) in [6.45, 7) is 0. The molecule has 0 aliphatic rings. The molecule has 2 nitrogen and oxygen atoms in total. The first-order valence-corrected chi connectivity index (χ1v) is 4.96. The van der Waals surface area contributed by atoms with Crippen molar-refractivity contribution < 1.29 is 18.4 Å². The number of hydrogen-bond donors (Lipinski definition) is 0. The van der Waals surface area contributed by atoms with E-state index in [4.69, 9.17) is 23.2 Å². The lowest BCUT2D eigenvalue weighted by molar-refractivity contribution is -0.128. The molecule has 0 heterocycles. The van der Waals surface area contributed by atoms with Gasteiger partial charge in [0.15, 0.2) is 5.78 Å². The van der Waals surface area contributed by atoms with Crippen LogP contribution in [-0.2, 0) is 4.79 Å². The van der Waals surface area contributed by atoms with Crippen molar-refractivity contribution in [1.82, 2.24) is 0 Å². The Labute approximate surface area is 100 Å². The smallest absolute Gasteiger partial charge is 0.294 e. The van der Waals surface area contributed by atoms with Crippen molar-refractivity contribution in [2.75, 3.05) is 0 Å². The molecule has 0 saturated heterocycles. The summed E-state index contributed by atoms with van der Waals surface area (Å²) in [5, 5.41) is 0.362. The number of ketones is 2. The maximum absolute atomic E-state index is 11.9. The summed E-state index contributed by atoms with van der Waals surface area (Å²) < 4.78 is 23.8. The third-order valence-corrected chi connectivity index (χ3v) is 2.36. The van der Waals surface area contributed by atoms with Gasteiger partial charge in [-0.05, 0) is 18.2 Å². The monoisotopic (exact) mass is 266 g/mol. The first-order valence-electron chi connectivity index (χ1n) is 4.21. The number of carbonyl (C=O) groups excluding carboxylic acids is 2. The van der Waals surface area contributed by atoms with Gasteiger partial charge < -0.3 is 0 Å². The van der Waals surface area contributed by atoms with Crippen LogP contribution in [0.2, 0.25) is 10.0 Å². The molecule has 0 radical (unpaired) electrons. The molecule has 0 fully saturated rings. The van der Waals surface area contributed by atoms with Crippen molar-refractivity contribution in [3.8, 4) is 0 Å². The van der Waals surface area contributed by atoms with E-state index in [0.29, 0.717) is 5.02 Å². The van der Waals surface area contributed by atoms with Crippen LogP contribution in [0, 0.1) is 0 Å². The summed E-state index contributed by atoms with van der Waals surface area (Å²) in [4.78, 5) is 22.1. The average Bonchev–Trinajstić information content (AvgIpc) is 2.16. The van der Waals surface area contributed by atoms with Gasteiger partial charge >= 0.3 is 0 Å². The Morgan fingerprint density at radius 3 is 2.38 bits per heavy atom. The van der Waals surface area contributed by atoms with Crippen molar-refractivity contribution in [2.45, 2.75) is 12.8 Å². The standard InChI is InChI=1S/C10H6Cl2F2O2/c11-5-1-2-6(7(12)3-5)8(15)4-9(16)10(13)14/h1-3,10H,4H2. The van der Waals surface area contributed by atoms with Crippen LogP contribution in [0.15, 0.2) is 18.2 Å². The first-order chi connectivity index (χ1) is 7.41. The second-order valence-corrected chi connectivity index (χ2v) is 3.83. The molecular weight excluding hydrogens is 261 g/mol. The van der Waals surface area contributed by atoms with Crippen molar-refractivity contribution in [1.29, 1.82) is 0 Å². The van der Waals surface area contributed by atoms with E-state index in [1.54, 1.807) is 0 Å². The third-order valence-electron chi connectivity index (χ3n) is 1.81. The SMILES string of the molecule is O=C(CC(=O)C(F)F)c1ccc(Cl)cc1Cl. The lowest BCUT2D eigenvalue weighted by Gasteiger charge is -2.03. The molecule has 0 saturated carbocycles. The van der Waals surface area contributed by atoms with Gasteiger partial charge in [0.05, 0.1) is 11.4 Å². The fourth-order valence-electron chi connectivity index (χ4n) is 1.05. The van der Waals surface area contributed by atoms with E-state index in [0.717, 1.165) is 0 Å². The minimum atomic E-state index is -3.14. The summed E-state index contributed by atoms with van der Waals surface area (Å²) in [7, 11) is 0. The Bertz CT molecular complexity index is 433. The van der Waals surface area contributed by atoms with Crippen LogP contribution < -0.4 is 0 Å². The van der Waals surface area contributed by atoms with Crippen molar-refractivity contribution >= 4 is 34.8 Å². The molecule has 0 N–H and O–H groups in total. The molecule has 0 spiro atoms. The Morgan fingerprint density at radius 2 is 1.88 bits per heavy atom. The maximum Gasteiger partial charge on any atom is 0.296 e. The normalized spacial score (nSPS) is 10.6. The van der Waals surface area contributed by atoms with Crippen LogP contribution in [0.25, 0.3) is 0 Å². The molecule has 0 amide bonds. The van der Waals surface area contributed by atoms with Gasteiger partial charge in [-0.15, -0.1) is 0 Å². The van der Waals surface area contributed by atoms with Crippen LogP contribution in [-0.4, -0.2) is 18.0 Å². The molecule has 0 bridgehead atoms. The summed E-state index contributed by atoms with van der Waals surface area (Å²) in [5.41, 5.74) is 0.0140. The van der Waals surface area contributed by atoms with E-state index < -0.39 is 24.4 Å². The first kappa shape index (κ1) is 13.1. The van der Waals surface area contributed by atoms with Gasteiger partial charge in [-0.2, -0.15) is 0 Å². The van der Waals surface area contributed by atoms with E-state index in [2.05, 4.69) is 0 Å². The van der Waals surface area contributed by atoms with Crippen LogP contribution in [0.4, 0.5) is 8.78 Å². The molecule has 0 unspecified atom stereocenters. The molecule has 0 aliphatic heterocycles. The van der Waals surface area contributed by atoms with E-state index in [1.165, 1.54) is 18.2 Å². The molecular formula is C10H6Cl2F2O2. The van der Waals surface area contributed by atoms with Gasteiger partial charge in [-0.1, -0.05) is 23.2 Å². The fourth-order valence-corrected chi connectivity index (χ4v) is 1.56. The molecule has 1 aromatic rings. The summed E-state index contributed by atoms with van der Waals surface area (Å²) >= 11 is 11.3. The summed E-state index contributed by atoms with van der Waals surface area (Å²) in [5.74, 6) is -2.16. The fraction of sp³-hybridized carbons (Fsp3) is 0.200. The number of benzene rings is 1. The molecule has 16 heavy (non-hydrogen) atoms. The minimum Gasteiger partial charge on any atom is -0.294 e. The maximum atomic E-state index is 11.9. The number of carbonyl (C=O) groups is 2. The second-order valence-electron chi connectivity index (χ2n) is 2.99. The Kier molecular flexibility index (Phi) is 4.38. The van der Waals surface area contributed by atoms with E-state index in [1.807, 2.05) is 0 Å². The quantitative estimate of drug-likeness (QED) is 0.618. The molecule has 0 atom stereocenters. The van der Waals surface area contributed by atoms with E-state index in [-0.39, 0.29) is 10.6 Å². The van der Waals surface area contributed by atoms with Gasteiger partial charge in [0.1, 0.15) is 0 Å². The van der Waals surface area contributed by atoms with Crippen LogP contribution in [0.1, 0.15) is 16.8 Å². The van der Waals surface area contributed by atoms with Gasteiger partial charge in [0, 0.05) is 10.6 Å². The lowest BCUT2D eigenvalue weighted by atomic mass is 10.1. The van der Waals surface area contributed by atoms with Crippen molar-refractivity contribution in [3.05, 3.63) is 33.8 Å². The summed E-state index contributed by atoms with van der Waals surface area (Å²) in [6, 6.07) is 4.00. The van der Waals surface area contributed by atoms with Crippen molar-refractivity contribution in [2.24, 2.45) is 0 Å². The Hall–Kier alpha value is -1.000. The van der Waals surface area contributed by atoms with Gasteiger partial charge in [0.25, 0.3) is 6.43 Å². The molecule has 0 aromatic heterocycles. The van der Waals surface area contributed by atoms with Crippen LogP contribution in [0.3, 0.4) is 0 Å². The predicted molar refractivity (Wildman–Crippen MR) is 56.4 cm³/mol. The number of hydrogen-bond acceptors (Lipinski definition) is 2. The average molecular weight is 267 g/mol. The van der Waals surface area contributed by atoms with Gasteiger partial charge in [-0.3, -0.25) is 9.59 Å². The molecule has 1 rings (SSSR count). The number of halogens is 4. The number of alkyl halides is 2. The Morgan fingerprint density at radius 1 is 1.25 bits per heavy atom. The number of rotatable bonds is 4. The van der Waals surface area contributed by atoms with Gasteiger partial charge in [0.2, 0.25) is 5.78 Å². The molecule has 86 valence electrons. The molecule has 6 heteroatoms. The van der Waals surface area contributed by atoms with Crippen LogP contribution >= 0.6 is 23.2 Å². The zero-order chi connectivity index (χ0) is 12.3. The number of Topliss-reactive ketones (excluding diaryl/α,β-unsaturated/α-hetero) is 2. The Balaban J connectivity index is 2.85. The topological polar surface area (TPSA) is 34.1 Å². The highest BCUT2D eigenvalue weighted by atomic mass is 35.5. The zero-order valence-corrected chi connectivity index (χ0v) is 9.36. The van der Waals surface area contributed by atoms with Crippen LogP contribution in [0.5, 0.6) is 0 Å². The van der Waals surface area contributed by atoms with Gasteiger partial charge in [-0.25, -0.2) is 8.78 Å². The largest absolute Gasteiger partial charge is 0.296 e. The molecule has 1 aromatic carbocycles. The highest BCUT2D eigenvalue weighted by Crippen LogP contribution is 2.22. The van der Waals surface area contributed by atoms with E-state index >= 15 is 0 Å². The highest BCUT2D eigenvalue weighted by molar-refractivity contribution is 6.37. The molecule has 0 aliphatic carbocycles.